The fourth-order valence-electron chi connectivity index (χ4n) is 1.72. The highest BCUT2D eigenvalue weighted by Crippen LogP contribution is 2.21. The monoisotopic (exact) mass is 281 g/mol. The second-order valence-electron chi connectivity index (χ2n) is 3.98. The maximum absolute atomic E-state index is 5.88. The fraction of sp³-hybridized carbons (Fsp3) is 0.286. The number of halogens is 1. The molecule has 0 aliphatic heterocycles. The highest BCUT2D eigenvalue weighted by molar-refractivity contribution is 7.16. The van der Waals surface area contributed by atoms with E-state index in [0.29, 0.717) is 0 Å². The minimum Gasteiger partial charge on any atom is -0.497 e. The number of methoxy groups -OCH3 is 1. The van der Waals surface area contributed by atoms with Crippen LogP contribution in [-0.2, 0) is 13.0 Å². The number of benzene rings is 1. The van der Waals surface area contributed by atoms with Gasteiger partial charge in [-0.3, -0.25) is 0 Å². The van der Waals surface area contributed by atoms with Crippen LogP contribution in [0.2, 0.25) is 4.34 Å². The van der Waals surface area contributed by atoms with E-state index in [4.69, 9.17) is 16.3 Å². The van der Waals surface area contributed by atoms with Gasteiger partial charge in [0.1, 0.15) is 5.75 Å². The molecule has 96 valence electrons. The van der Waals surface area contributed by atoms with Crippen molar-refractivity contribution in [2.75, 3.05) is 13.7 Å². The second kappa shape index (κ2) is 6.78. The number of ether oxygens (including phenoxy) is 1. The second-order valence-corrected chi connectivity index (χ2v) is 5.78. The fourth-order valence-corrected chi connectivity index (χ4v) is 2.78. The summed E-state index contributed by atoms with van der Waals surface area (Å²) in [4.78, 5) is 1.27. The van der Waals surface area contributed by atoms with E-state index >= 15 is 0 Å². The van der Waals surface area contributed by atoms with E-state index in [2.05, 4.69) is 23.5 Å². The average molecular weight is 282 g/mol. The predicted octanol–water partition coefficient (Wildman–Crippen LogP) is 3.74. The predicted molar refractivity (Wildman–Crippen MR) is 77.7 cm³/mol. The largest absolute Gasteiger partial charge is 0.497 e. The Morgan fingerprint density at radius 2 is 2.17 bits per heavy atom. The van der Waals surface area contributed by atoms with Gasteiger partial charge in [0.2, 0.25) is 0 Å². The van der Waals surface area contributed by atoms with Crippen LogP contribution in [0.5, 0.6) is 5.75 Å². The molecule has 2 aromatic rings. The highest BCUT2D eigenvalue weighted by Gasteiger charge is 1.98. The van der Waals surface area contributed by atoms with Crippen LogP contribution in [0.1, 0.15) is 10.4 Å². The molecule has 0 saturated carbocycles. The third-order valence-electron chi connectivity index (χ3n) is 2.65. The van der Waals surface area contributed by atoms with E-state index in [1.165, 1.54) is 10.4 Å². The molecule has 0 bridgehead atoms. The highest BCUT2D eigenvalue weighted by atomic mass is 35.5. The van der Waals surface area contributed by atoms with Crippen molar-refractivity contribution in [2.24, 2.45) is 0 Å². The zero-order valence-electron chi connectivity index (χ0n) is 10.3. The maximum atomic E-state index is 5.88. The van der Waals surface area contributed by atoms with Gasteiger partial charge in [-0.05, 0) is 42.8 Å². The molecule has 0 saturated heterocycles. The lowest BCUT2D eigenvalue weighted by molar-refractivity contribution is 0.414. The van der Waals surface area contributed by atoms with Gasteiger partial charge in [0.15, 0.2) is 0 Å². The maximum Gasteiger partial charge on any atom is 0.119 e. The Kier molecular flexibility index (Phi) is 5.05. The van der Waals surface area contributed by atoms with Gasteiger partial charge in [0.05, 0.1) is 11.4 Å². The average Bonchev–Trinajstić information content (AvgIpc) is 2.81. The Morgan fingerprint density at radius 1 is 1.28 bits per heavy atom. The molecule has 18 heavy (non-hydrogen) atoms. The Labute approximate surface area is 117 Å². The van der Waals surface area contributed by atoms with Gasteiger partial charge >= 0.3 is 0 Å². The molecule has 0 amide bonds. The topological polar surface area (TPSA) is 21.3 Å². The lowest BCUT2D eigenvalue weighted by atomic mass is 10.1. The summed E-state index contributed by atoms with van der Waals surface area (Å²) in [5.41, 5.74) is 1.28. The molecular weight excluding hydrogens is 266 g/mol. The molecule has 1 aromatic carbocycles. The van der Waals surface area contributed by atoms with E-state index in [9.17, 15) is 0 Å². The first-order valence-corrected chi connectivity index (χ1v) is 7.05. The third-order valence-corrected chi connectivity index (χ3v) is 3.88. The Bertz CT molecular complexity index is 498. The Balaban J connectivity index is 1.74. The van der Waals surface area contributed by atoms with Crippen molar-refractivity contribution in [3.05, 3.63) is 51.2 Å². The number of rotatable bonds is 6. The summed E-state index contributed by atoms with van der Waals surface area (Å²) in [6, 6.07) is 12.2. The summed E-state index contributed by atoms with van der Waals surface area (Å²) < 4.78 is 6.05. The van der Waals surface area contributed by atoms with Crippen molar-refractivity contribution in [3.63, 3.8) is 0 Å². The van der Waals surface area contributed by atoms with Crippen molar-refractivity contribution in [1.82, 2.24) is 5.32 Å². The van der Waals surface area contributed by atoms with Crippen molar-refractivity contribution < 1.29 is 4.74 Å². The van der Waals surface area contributed by atoms with Gasteiger partial charge in [-0.1, -0.05) is 23.7 Å². The van der Waals surface area contributed by atoms with Gasteiger partial charge in [0.25, 0.3) is 0 Å². The molecule has 4 heteroatoms. The summed E-state index contributed by atoms with van der Waals surface area (Å²) in [5, 5.41) is 3.41. The van der Waals surface area contributed by atoms with Crippen molar-refractivity contribution in [1.29, 1.82) is 0 Å². The Morgan fingerprint density at radius 3 is 2.89 bits per heavy atom. The molecule has 1 aromatic heterocycles. The van der Waals surface area contributed by atoms with E-state index < -0.39 is 0 Å². The van der Waals surface area contributed by atoms with Gasteiger partial charge in [-0.2, -0.15) is 0 Å². The number of hydrogen-bond acceptors (Lipinski definition) is 3. The minimum absolute atomic E-state index is 0.847. The molecular formula is C14H16ClNOS. The van der Waals surface area contributed by atoms with Crippen LogP contribution in [0.15, 0.2) is 36.4 Å². The summed E-state index contributed by atoms with van der Waals surface area (Å²) in [7, 11) is 1.69. The molecule has 0 aliphatic carbocycles. The molecule has 0 atom stereocenters. The summed E-state index contributed by atoms with van der Waals surface area (Å²) in [6.07, 6.45) is 0.996. The number of hydrogen-bond donors (Lipinski definition) is 1. The molecule has 1 heterocycles. The van der Waals surface area contributed by atoms with Crippen LogP contribution in [0.4, 0.5) is 0 Å². The van der Waals surface area contributed by atoms with Crippen LogP contribution in [0.25, 0.3) is 0 Å². The quantitative estimate of drug-likeness (QED) is 0.815. The molecule has 0 spiro atoms. The smallest absolute Gasteiger partial charge is 0.119 e. The van der Waals surface area contributed by atoms with Crippen molar-refractivity contribution >= 4 is 22.9 Å². The SMILES string of the molecule is COc1cccc(CCNCc2ccc(Cl)s2)c1. The third kappa shape index (κ3) is 4.02. The summed E-state index contributed by atoms with van der Waals surface area (Å²) >= 11 is 7.50. The van der Waals surface area contributed by atoms with Crippen LogP contribution in [0.3, 0.4) is 0 Å². The number of thiophene rings is 1. The lowest BCUT2D eigenvalue weighted by Crippen LogP contribution is -2.15. The first-order valence-electron chi connectivity index (χ1n) is 5.86. The van der Waals surface area contributed by atoms with Gasteiger partial charge in [-0.25, -0.2) is 0 Å². The van der Waals surface area contributed by atoms with Gasteiger partial charge < -0.3 is 10.1 Å². The standard InChI is InChI=1S/C14H16ClNOS/c1-17-12-4-2-3-11(9-12)7-8-16-10-13-5-6-14(15)18-13/h2-6,9,16H,7-8,10H2,1H3. The van der Waals surface area contributed by atoms with Gasteiger partial charge in [0, 0.05) is 11.4 Å². The van der Waals surface area contributed by atoms with Crippen molar-refractivity contribution in [2.45, 2.75) is 13.0 Å². The molecule has 0 fully saturated rings. The van der Waals surface area contributed by atoms with E-state index in [1.807, 2.05) is 18.2 Å². The zero-order chi connectivity index (χ0) is 12.8. The van der Waals surface area contributed by atoms with Crippen LogP contribution in [-0.4, -0.2) is 13.7 Å². The van der Waals surface area contributed by atoms with Crippen LogP contribution in [0, 0.1) is 0 Å². The first-order chi connectivity index (χ1) is 8.78. The van der Waals surface area contributed by atoms with E-state index in [-0.39, 0.29) is 0 Å². The zero-order valence-corrected chi connectivity index (χ0v) is 11.9. The molecule has 0 aliphatic rings. The van der Waals surface area contributed by atoms with E-state index in [1.54, 1.807) is 18.4 Å². The molecule has 2 nitrogen and oxygen atoms in total. The van der Waals surface area contributed by atoms with Crippen LogP contribution < -0.4 is 10.1 Å². The van der Waals surface area contributed by atoms with Gasteiger partial charge in [-0.15, -0.1) is 11.3 Å². The summed E-state index contributed by atoms with van der Waals surface area (Å²) in [6.45, 7) is 1.82. The normalized spacial score (nSPS) is 10.6. The Hall–Kier alpha value is -1.03. The molecule has 0 unspecified atom stereocenters. The minimum atomic E-state index is 0.847. The number of nitrogens with one attached hydrogen (secondary N) is 1. The molecule has 0 radical (unpaired) electrons. The lowest BCUT2D eigenvalue weighted by Gasteiger charge is -2.05. The summed E-state index contributed by atoms with van der Waals surface area (Å²) in [5.74, 6) is 0.914. The molecule has 1 N–H and O–H groups in total. The molecule has 2 rings (SSSR count). The van der Waals surface area contributed by atoms with E-state index in [0.717, 1.165) is 29.6 Å². The van der Waals surface area contributed by atoms with Crippen molar-refractivity contribution in [3.8, 4) is 5.75 Å². The first kappa shape index (κ1) is 13.4. The van der Waals surface area contributed by atoms with Crippen LogP contribution >= 0.6 is 22.9 Å².